The van der Waals surface area contributed by atoms with E-state index in [9.17, 15) is 4.79 Å². The monoisotopic (exact) mass is 404 g/mol. The number of ether oxygens (including phenoxy) is 1. The van der Waals surface area contributed by atoms with Crippen LogP contribution in [0.5, 0.6) is 11.5 Å². The summed E-state index contributed by atoms with van der Waals surface area (Å²) in [6.07, 6.45) is 0.869. The van der Waals surface area contributed by atoms with Crippen LogP contribution in [0.15, 0.2) is 82.2 Å². The van der Waals surface area contributed by atoms with Crippen LogP contribution in [0.4, 0.5) is 16.2 Å². The van der Waals surface area contributed by atoms with Crippen LogP contribution in [-0.4, -0.2) is 24.0 Å². The Morgan fingerprint density at radius 3 is 2.48 bits per heavy atom. The van der Waals surface area contributed by atoms with Crippen LogP contribution in [0.25, 0.3) is 0 Å². The fourth-order valence-electron chi connectivity index (χ4n) is 3.40. The second kappa shape index (κ2) is 7.35. The Morgan fingerprint density at radius 2 is 1.76 bits per heavy atom. The molecule has 2 heterocycles. The maximum absolute atomic E-state index is 12.9. The number of carbonyl (C=O) groups is 1. The van der Waals surface area contributed by atoms with E-state index in [2.05, 4.69) is 28.0 Å². The second-order valence-corrected chi connectivity index (χ2v) is 8.56. The van der Waals surface area contributed by atoms with Gasteiger partial charge in [0, 0.05) is 40.7 Å². The van der Waals surface area contributed by atoms with Crippen molar-refractivity contribution in [2.24, 2.45) is 4.47 Å². The largest absolute Gasteiger partial charge is 0.457 e. The van der Waals surface area contributed by atoms with Crippen LogP contribution in [-0.2, 0) is 17.3 Å². The minimum absolute atomic E-state index is 0.123. The first-order valence-corrected chi connectivity index (χ1v) is 10.6. The molecule has 0 saturated heterocycles. The summed E-state index contributed by atoms with van der Waals surface area (Å²) in [6.45, 7) is 0.681. The number of hydrogen-bond acceptors (Lipinski definition) is 4. The summed E-state index contributed by atoms with van der Waals surface area (Å²) in [7, 11) is 1.80. The zero-order valence-corrected chi connectivity index (χ0v) is 16.7. The van der Waals surface area contributed by atoms with Gasteiger partial charge in [0.15, 0.2) is 0 Å². The van der Waals surface area contributed by atoms with E-state index in [4.69, 9.17) is 4.74 Å². The molecule has 2 amide bonds. The van der Waals surface area contributed by atoms with Gasteiger partial charge in [0.25, 0.3) is 0 Å². The fraction of sp³-hybridized carbons (Fsp3) is 0.136. The van der Waals surface area contributed by atoms with Gasteiger partial charge in [-0.25, -0.2) is 4.79 Å². The molecule has 7 heteroatoms. The Balaban J connectivity index is 1.27. The molecule has 0 saturated carbocycles. The lowest BCUT2D eigenvalue weighted by Gasteiger charge is -2.18. The predicted octanol–water partition coefficient (Wildman–Crippen LogP) is 5.01. The summed E-state index contributed by atoms with van der Waals surface area (Å²) in [4.78, 5) is 15.8. The number of hydrogen-bond donors (Lipinski definition) is 1. The summed E-state index contributed by atoms with van der Waals surface area (Å²) >= 11 is 0. The van der Waals surface area contributed by atoms with Crippen molar-refractivity contribution in [3.63, 3.8) is 0 Å². The quantitative estimate of drug-likeness (QED) is 0.665. The first kappa shape index (κ1) is 17.9. The number of nitrogens with zero attached hydrogens (tertiary/aromatic N) is 3. The van der Waals surface area contributed by atoms with Crippen LogP contribution < -0.4 is 15.0 Å². The van der Waals surface area contributed by atoms with Crippen molar-refractivity contribution in [3.05, 3.63) is 78.4 Å². The minimum atomic E-state index is -0.166. The number of benzene rings is 3. The van der Waals surface area contributed by atoms with Crippen LogP contribution in [0, 0.1) is 0 Å². The summed E-state index contributed by atoms with van der Waals surface area (Å²) in [5.74, 6) is 1.51. The Hall–Kier alpha value is -3.16. The number of urea groups is 1. The highest BCUT2D eigenvalue weighted by molar-refractivity contribution is 7.89. The van der Waals surface area contributed by atoms with Crippen LogP contribution >= 0.6 is 0 Å². The van der Waals surface area contributed by atoms with E-state index in [1.807, 2.05) is 66.1 Å². The van der Waals surface area contributed by atoms with Crippen molar-refractivity contribution in [1.29, 1.82) is 0 Å². The van der Waals surface area contributed by atoms with Gasteiger partial charge in [0.1, 0.15) is 11.5 Å². The zero-order valence-electron chi connectivity index (χ0n) is 15.9. The number of amides is 2. The number of nitrogens with one attached hydrogen (secondary N) is 1. The van der Waals surface area contributed by atoms with E-state index in [1.165, 1.54) is 5.56 Å². The number of fused-ring (bicyclic) bond motifs is 1. The van der Waals surface area contributed by atoms with Gasteiger partial charge in [-0.15, -0.1) is 8.89 Å². The third kappa shape index (κ3) is 3.74. The minimum Gasteiger partial charge on any atom is -0.457 e. The molecule has 0 aliphatic carbocycles. The Kier molecular flexibility index (Phi) is 4.54. The molecular formula is C22H20N4O2S. The van der Waals surface area contributed by atoms with Gasteiger partial charge >= 0.3 is 6.03 Å². The van der Waals surface area contributed by atoms with Crippen molar-refractivity contribution in [3.8, 4) is 11.5 Å². The van der Waals surface area contributed by atoms with Crippen molar-refractivity contribution < 1.29 is 9.53 Å². The van der Waals surface area contributed by atoms with E-state index in [-0.39, 0.29) is 16.9 Å². The molecule has 0 radical (unpaired) electrons. The summed E-state index contributed by atoms with van der Waals surface area (Å²) < 4.78 is 12.1. The molecule has 0 aromatic heterocycles. The van der Waals surface area contributed by atoms with E-state index in [0.717, 1.165) is 34.2 Å². The highest BCUT2D eigenvalue weighted by Gasteiger charge is 2.28. The first-order valence-electron chi connectivity index (χ1n) is 9.42. The molecule has 3 aromatic carbocycles. The fourth-order valence-corrected chi connectivity index (χ4v) is 4.49. The molecule has 2 unspecified atom stereocenters. The third-order valence-electron chi connectivity index (χ3n) is 4.91. The van der Waals surface area contributed by atoms with E-state index in [0.29, 0.717) is 6.54 Å². The van der Waals surface area contributed by atoms with Crippen molar-refractivity contribution in [2.45, 2.75) is 11.3 Å². The van der Waals surface area contributed by atoms with Gasteiger partial charge < -0.3 is 10.1 Å². The lowest BCUT2D eigenvalue weighted by Crippen LogP contribution is -2.33. The second-order valence-electron chi connectivity index (χ2n) is 6.87. The summed E-state index contributed by atoms with van der Waals surface area (Å²) in [5.41, 5.74) is 2.91. The lowest BCUT2D eigenvalue weighted by molar-refractivity contribution is 0.257. The standard InChI is InChI=1S/C22H20N4O2S/c1-25-24-29(25)20-12-7-16-13-14-26(21(16)15-20)22(27)23-17-8-10-19(11-9-17)28-18-5-3-2-4-6-18/h2-12,15H,13-14H2,1H3,(H,23,27). The van der Waals surface area contributed by atoms with Crippen LogP contribution in [0.3, 0.4) is 0 Å². The average molecular weight is 404 g/mol. The molecule has 2 atom stereocenters. The zero-order chi connectivity index (χ0) is 19.8. The molecule has 0 spiro atoms. The molecule has 29 heavy (non-hydrogen) atoms. The number of rotatable bonds is 4. The molecule has 146 valence electrons. The molecule has 0 bridgehead atoms. The number of para-hydroxylation sites is 1. The molecule has 5 rings (SSSR count). The number of anilines is 2. The molecule has 2 aliphatic heterocycles. The average Bonchev–Trinajstić information content (AvgIpc) is 3.32. The van der Waals surface area contributed by atoms with Crippen LogP contribution in [0.1, 0.15) is 5.56 Å². The summed E-state index contributed by atoms with van der Waals surface area (Å²) in [6, 6.07) is 23.2. The maximum atomic E-state index is 12.9. The molecule has 6 nitrogen and oxygen atoms in total. The molecule has 3 aromatic rings. The lowest BCUT2D eigenvalue weighted by atomic mass is 10.2. The van der Waals surface area contributed by atoms with E-state index in [1.54, 1.807) is 4.90 Å². The SMILES string of the molecule is CN1N=S1c1ccc2c(c1)N(C(=O)Nc1ccc(Oc3ccccc3)cc1)CC2. The van der Waals surface area contributed by atoms with Gasteiger partial charge in [-0.05, 0) is 60.5 Å². The van der Waals surface area contributed by atoms with Gasteiger partial charge in [-0.1, -0.05) is 24.3 Å². The summed E-state index contributed by atoms with van der Waals surface area (Å²) in [5, 5.41) is 2.99. The normalized spacial score (nSPS) is 19.3. The van der Waals surface area contributed by atoms with Gasteiger partial charge in [-0.2, -0.15) is 0 Å². The van der Waals surface area contributed by atoms with Crippen LogP contribution in [0.2, 0.25) is 0 Å². The smallest absolute Gasteiger partial charge is 0.326 e. The van der Waals surface area contributed by atoms with Gasteiger partial charge in [0.05, 0.1) is 0 Å². The van der Waals surface area contributed by atoms with E-state index >= 15 is 0 Å². The molecular weight excluding hydrogens is 384 g/mol. The molecule has 0 fully saturated rings. The Bertz CT molecular complexity index is 1100. The van der Waals surface area contributed by atoms with E-state index < -0.39 is 0 Å². The first-order chi connectivity index (χ1) is 14.2. The highest BCUT2D eigenvalue weighted by Crippen LogP contribution is 2.34. The van der Waals surface area contributed by atoms with Gasteiger partial charge in [0.2, 0.25) is 0 Å². The van der Waals surface area contributed by atoms with Crippen molar-refractivity contribution in [2.75, 3.05) is 23.8 Å². The molecule has 1 N–H and O–H groups in total. The topological polar surface area (TPSA) is 56.9 Å². The van der Waals surface area contributed by atoms with Crippen molar-refractivity contribution >= 4 is 28.3 Å². The molecule has 2 aliphatic rings. The predicted molar refractivity (Wildman–Crippen MR) is 115 cm³/mol. The highest BCUT2D eigenvalue weighted by atomic mass is 32.2. The Labute approximate surface area is 171 Å². The number of carbonyl (C=O) groups excluding carboxylic acids is 1. The Morgan fingerprint density at radius 1 is 1.03 bits per heavy atom. The van der Waals surface area contributed by atoms with Crippen molar-refractivity contribution in [1.82, 2.24) is 4.41 Å². The van der Waals surface area contributed by atoms with Gasteiger partial charge in [-0.3, -0.25) is 4.90 Å². The third-order valence-corrected chi connectivity index (χ3v) is 6.42. The maximum Gasteiger partial charge on any atom is 0.326 e.